The minimum absolute atomic E-state index is 0.138. The maximum atomic E-state index is 12.1. The topological polar surface area (TPSA) is 90.5 Å². The molecule has 2 amide bonds. The van der Waals surface area contributed by atoms with Crippen LogP contribution in [0.5, 0.6) is 0 Å². The molecule has 0 aromatic carbocycles. The van der Waals surface area contributed by atoms with Gasteiger partial charge in [-0.05, 0) is 31.2 Å². The second-order valence-corrected chi connectivity index (χ2v) is 5.36. The zero-order valence-electron chi connectivity index (χ0n) is 10.6. The fraction of sp³-hybridized carbons (Fsp3) is 0.500. The molecule has 104 valence electrons. The summed E-state index contributed by atoms with van der Waals surface area (Å²) in [5.41, 5.74) is 0.578. The van der Waals surface area contributed by atoms with Crippen LogP contribution in [-0.2, 0) is 4.79 Å². The van der Waals surface area contributed by atoms with Crippen molar-refractivity contribution in [1.29, 1.82) is 0 Å². The molecule has 0 spiro atoms. The van der Waals surface area contributed by atoms with Crippen LogP contribution in [0.2, 0.25) is 0 Å². The number of carbonyl (C=O) groups is 2. The normalized spacial score (nSPS) is 20.5. The van der Waals surface area contributed by atoms with Gasteiger partial charge in [-0.25, -0.2) is 0 Å². The minimum Gasteiger partial charge on any atom is -0.374 e. The Labute approximate surface area is 115 Å². The molecule has 1 aliphatic heterocycles. The van der Waals surface area contributed by atoms with E-state index in [4.69, 9.17) is 0 Å². The van der Waals surface area contributed by atoms with Gasteiger partial charge in [-0.2, -0.15) is 0 Å². The van der Waals surface area contributed by atoms with Crippen molar-refractivity contribution in [3.05, 3.63) is 16.3 Å². The van der Waals surface area contributed by atoms with E-state index in [0.717, 1.165) is 6.42 Å². The van der Waals surface area contributed by atoms with Crippen molar-refractivity contribution in [3.63, 3.8) is 0 Å². The lowest BCUT2D eigenvalue weighted by Gasteiger charge is -2.22. The summed E-state index contributed by atoms with van der Waals surface area (Å²) in [6, 6.07) is 1.26. The predicted molar refractivity (Wildman–Crippen MR) is 73.1 cm³/mol. The number of thiophene rings is 1. The van der Waals surface area contributed by atoms with Crippen LogP contribution in [0.3, 0.4) is 0 Å². The number of hydrogen-bond donors (Lipinski definition) is 4. The first-order valence-corrected chi connectivity index (χ1v) is 7.06. The van der Waals surface area contributed by atoms with Crippen LogP contribution in [-0.4, -0.2) is 35.7 Å². The van der Waals surface area contributed by atoms with E-state index >= 15 is 0 Å². The molecule has 1 aliphatic rings. The van der Waals surface area contributed by atoms with Crippen molar-refractivity contribution in [1.82, 2.24) is 10.6 Å². The Morgan fingerprint density at radius 1 is 1.63 bits per heavy atom. The Morgan fingerprint density at radius 3 is 3.11 bits per heavy atom. The van der Waals surface area contributed by atoms with Crippen molar-refractivity contribution in [3.8, 4) is 0 Å². The molecule has 1 saturated heterocycles. The van der Waals surface area contributed by atoms with Crippen molar-refractivity contribution >= 4 is 28.8 Å². The van der Waals surface area contributed by atoms with E-state index in [1.54, 1.807) is 18.4 Å². The van der Waals surface area contributed by atoms with E-state index in [0.29, 0.717) is 23.5 Å². The lowest BCUT2D eigenvalue weighted by molar-refractivity contribution is -0.124. The zero-order chi connectivity index (χ0) is 13.8. The standard InChI is InChI=1S/C12H17N3O3S/c1-7(16)14-8-4-6-19-10(8)12(18)15-9-3-2-5-13-11(9)17/h4,6-7,9,14,16H,2-3,5H2,1H3,(H,13,17)(H,15,18). The average Bonchev–Trinajstić information content (AvgIpc) is 2.79. The molecule has 4 N–H and O–H groups in total. The molecule has 2 heterocycles. The van der Waals surface area contributed by atoms with Gasteiger partial charge in [0.25, 0.3) is 5.91 Å². The van der Waals surface area contributed by atoms with Crippen molar-refractivity contribution in [2.45, 2.75) is 32.0 Å². The van der Waals surface area contributed by atoms with Crippen LogP contribution < -0.4 is 16.0 Å². The molecule has 0 saturated carbocycles. The van der Waals surface area contributed by atoms with E-state index in [1.165, 1.54) is 11.3 Å². The summed E-state index contributed by atoms with van der Waals surface area (Å²) in [4.78, 5) is 24.2. The fourth-order valence-electron chi connectivity index (χ4n) is 1.96. The molecule has 2 rings (SSSR count). The Morgan fingerprint density at radius 2 is 2.42 bits per heavy atom. The molecule has 2 unspecified atom stereocenters. The van der Waals surface area contributed by atoms with Gasteiger partial charge in [0, 0.05) is 6.54 Å². The van der Waals surface area contributed by atoms with Gasteiger partial charge in [0.05, 0.1) is 5.69 Å². The van der Waals surface area contributed by atoms with E-state index in [1.807, 2.05) is 0 Å². The first-order valence-electron chi connectivity index (χ1n) is 6.18. The number of hydrogen-bond acceptors (Lipinski definition) is 5. The molecule has 7 heteroatoms. The molecule has 2 atom stereocenters. The first-order chi connectivity index (χ1) is 9.08. The Bertz CT molecular complexity index is 473. The third kappa shape index (κ3) is 3.45. The Kier molecular flexibility index (Phi) is 4.39. The summed E-state index contributed by atoms with van der Waals surface area (Å²) < 4.78 is 0. The second-order valence-electron chi connectivity index (χ2n) is 4.44. The number of carbonyl (C=O) groups excluding carboxylic acids is 2. The molecule has 0 radical (unpaired) electrons. The van der Waals surface area contributed by atoms with E-state index in [2.05, 4.69) is 16.0 Å². The lowest BCUT2D eigenvalue weighted by atomic mass is 10.1. The number of aliphatic hydroxyl groups is 1. The predicted octanol–water partition coefficient (Wildman–Crippen LogP) is 0.507. The van der Waals surface area contributed by atoms with Gasteiger partial charge >= 0.3 is 0 Å². The monoisotopic (exact) mass is 283 g/mol. The van der Waals surface area contributed by atoms with Crippen LogP contribution in [0.15, 0.2) is 11.4 Å². The van der Waals surface area contributed by atoms with Gasteiger partial charge in [0.1, 0.15) is 17.1 Å². The molecule has 1 fully saturated rings. The third-order valence-electron chi connectivity index (χ3n) is 2.83. The quantitative estimate of drug-likeness (QED) is 0.606. The molecule has 19 heavy (non-hydrogen) atoms. The number of nitrogens with one attached hydrogen (secondary N) is 3. The number of anilines is 1. The minimum atomic E-state index is -0.737. The number of amides is 2. The number of aliphatic hydroxyl groups excluding tert-OH is 1. The summed E-state index contributed by atoms with van der Waals surface area (Å²) in [7, 11) is 0. The molecule has 0 aliphatic carbocycles. The summed E-state index contributed by atoms with van der Waals surface area (Å²) >= 11 is 1.27. The van der Waals surface area contributed by atoms with Gasteiger partial charge in [-0.15, -0.1) is 11.3 Å². The van der Waals surface area contributed by atoms with Gasteiger partial charge in [0.2, 0.25) is 5.91 Å². The van der Waals surface area contributed by atoms with Crippen LogP contribution in [0.1, 0.15) is 29.4 Å². The van der Waals surface area contributed by atoms with Gasteiger partial charge in [0.15, 0.2) is 0 Å². The highest BCUT2D eigenvalue weighted by Gasteiger charge is 2.25. The maximum Gasteiger partial charge on any atom is 0.264 e. The highest BCUT2D eigenvalue weighted by Crippen LogP contribution is 2.23. The highest BCUT2D eigenvalue weighted by atomic mass is 32.1. The van der Waals surface area contributed by atoms with E-state index < -0.39 is 12.3 Å². The zero-order valence-corrected chi connectivity index (χ0v) is 11.4. The Hall–Kier alpha value is -1.60. The summed E-state index contributed by atoms with van der Waals surface area (Å²) in [5, 5.41) is 19.3. The van der Waals surface area contributed by atoms with Crippen molar-refractivity contribution in [2.24, 2.45) is 0 Å². The molecule has 1 aromatic rings. The van der Waals surface area contributed by atoms with Crippen LogP contribution in [0.25, 0.3) is 0 Å². The third-order valence-corrected chi connectivity index (χ3v) is 3.74. The van der Waals surface area contributed by atoms with E-state index in [9.17, 15) is 14.7 Å². The average molecular weight is 283 g/mol. The van der Waals surface area contributed by atoms with E-state index in [-0.39, 0.29) is 11.8 Å². The van der Waals surface area contributed by atoms with Crippen molar-refractivity contribution < 1.29 is 14.7 Å². The SMILES string of the molecule is CC(O)Nc1ccsc1C(=O)NC1CCCNC1=O. The smallest absolute Gasteiger partial charge is 0.264 e. The summed E-state index contributed by atoms with van der Waals surface area (Å²) in [6.45, 7) is 2.24. The van der Waals surface area contributed by atoms with Crippen LogP contribution >= 0.6 is 11.3 Å². The molecule has 1 aromatic heterocycles. The highest BCUT2D eigenvalue weighted by molar-refractivity contribution is 7.12. The number of rotatable bonds is 4. The number of piperidine rings is 1. The summed E-state index contributed by atoms with van der Waals surface area (Å²) in [5.74, 6) is -0.429. The molecule has 0 bridgehead atoms. The lowest BCUT2D eigenvalue weighted by Crippen LogP contribution is -2.50. The fourth-order valence-corrected chi connectivity index (χ4v) is 2.72. The van der Waals surface area contributed by atoms with Crippen LogP contribution in [0.4, 0.5) is 5.69 Å². The largest absolute Gasteiger partial charge is 0.374 e. The summed E-state index contributed by atoms with van der Waals surface area (Å²) in [6.07, 6.45) is 0.779. The van der Waals surface area contributed by atoms with Crippen LogP contribution in [0, 0.1) is 0 Å². The Balaban J connectivity index is 2.03. The van der Waals surface area contributed by atoms with Gasteiger partial charge in [-0.3, -0.25) is 9.59 Å². The molecular weight excluding hydrogens is 266 g/mol. The van der Waals surface area contributed by atoms with Gasteiger partial charge in [-0.1, -0.05) is 0 Å². The molecule has 6 nitrogen and oxygen atoms in total. The van der Waals surface area contributed by atoms with Crippen molar-refractivity contribution in [2.75, 3.05) is 11.9 Å². The first kappa shape index (κ1) is 13.8. The maximum absolute atomic E-state index is 12.1. The molecular formula is C12H17N3O3S. The van der Waals surface area contributed by atoms with Gasteiger partial charge < -0.3 is 21.1 Å². The second kappa shape index (κ2) is 6.03.